The number of hydrogen-bond donors (Lipinski definition) is 1. The maximum absolute atomic E-state index is 12.1. The number of amides is 1. The first-order chi connectivity index (χ1) is 10.2. The van der Waals surface area contributed by atoms with Gasteiger partial charge in [0.2, 0.25) is 6.54 Å². The van der Waals surface area contributed by atoms with E-state index in [1.54, 1.807) is 7.11 Å². The van der Waals surface area contributed by atoms with Crippen LogP contribution >= 0.6 is 0 Å². The number of rotatable bonds is 6. The maximum Gasteiger partial charge on any atom is 0.290 e. The highest BCUT2D eigenvalue weighted by Crippen LogP contribution is 2.22. The van der Waals surface area contributed by atoms with Gasteiger partial charge < -0.3 is 10.1 Å². The summed E-state index contributed by atoms with van der Waals surface area (Å²) in [5, 5.41) is 2.86. The van der Waals surface area contributed by atoms with Gasteiger partial charge in [0.25, 0.3) is 5.91 Å². The Hall–Kier alpha value is -2.36. The number of benzene rings is 1. The number of methoxy groups -OCH3 is 1. The third kappa shape index (κ3) is 4.31. The molecule has 1 aromatic heterocycles. The lowest BCUT2D eigenvalue weighted by atomic mass is 10.2. The second-order valence-electron chi connectivity index (χ2n) is 4.88. The van der Waals surface area contributed by atoms with E-state index in [2.05, 4.69) is 24.4 Å². The highest BCUT2D eigenvalue weighted by molar-refractivity contribution is 5.91. The summed E-state index contributed by atoms with van der Waals surface area (Å²) in [4.78, 5) is 12.1. The molecule has 0 bridgehead atoms. The van der Waals surface area contributed by atoms with Gasteiger partial charge in [0.1, 0.15) is 5.75 Å². The number of pyridine rings is 1. The van der Waals surface area contributed by atoms with Crippen LogP contribution in [0.3, 0.4) is 0 Å². The van der Waals surface area contributed by atoms with Gasteiger partial charge in [-0.3, -0.25) is 4.79 Å². The minimum atomic E-state index is -0.0762. The Bertz CT molecular complexity index is 594. The molecule has 21 heavy (non-hydrogen) atoms. The van der Waals surface area contributed by atoms with Gasteiger partial charge in [-0.1, -0.05) is 25.5 Å². The summed E-state index contributed by atoms with van der Waals surface area (Å²) in [7, 11) is 1.59. The Morgan fingerprint density at radius 1 is 1.19 bits per heavy atom. The third-order valence-electron chi connectivity index (χ3n) is 3.21. The third-order valence-corrected chi connectivity index (χ3v) is 3.21. The molecule has 2 rings (SSSR count). The normalized spacial score (nSPS) is 10.2. The number of nitrogens with zero attached hydrogens (tertiary/aromatic N) is 1. The Balaban J connectivity index is 1.98. The van der Waals surface area contributed by atoms with E-state index in [-0.39, 0.29) is 12.5 Å². The lowest BCUT2D eigenvalue weighted by Crippen LogP contribution is -2.39. The molecule has 0 saturated heterocycles. The van der Waals surface area contributed by atoms with Gasteiger partial charge in [0.05, 0.1) is 12.8 Å². The molecule has 0 unspecified atom stereocenters. The van der Waals surface area contributed by atoms with Gasteiger partial charge in [0.15, 0.2) is 12.4 Å². The second kappa shape index (κ2) is 7.43. The number of carbonyl (C=O) groups excluding carboxylic acids is 1. The van der Waals surface area contributed by atoms with Crippen LogP contribution in [0.15, 0.2) is 48.8 Å². The highest BCUT2D eigenvalue weighted by atomic mass is 16.5. The molecular weight excluding hydrogens is 264 g/mol. The minimum Gasteiger partial charge on any atom is -0.495 e. The molecule has 110 valence electrons. The second-order valence-corrected chi connectivity index (χ2v) is 4.88. The summed E-state index contributed by atoms with van der Waals surface area (Å²) in [5.41, 5.74) is 1.98. The van der Waals surface area contributed by atoms with Gasteiger partial charge in [-0.05, 0) is 24.1 Å². The SMILES string of the molecule is CCCc1cc[n+](CC(=O)Nc2ccccc2OC)cc1. The van der Waals surface area contributed by atoms with Crippen molar-refractivity contribution in [3.63, 3.8) is 0 Å². The molecule has 0 aliphatic rings. The minimum absolute atomic E-state index is 0.0762. The van der Waals surface area contributed by atoms with Crippen molar-refractivity contribution in [2.45, 2.75) is 26.3 Å². The van der Waals surface area contributed by atoms with Gasteiger partial charge in [-0.15, -0.1) is 0 Å². The van der Waals surface area contributed by atoms with Crippen molar-refractivity contribution < 1.29 is 14.1 Å². The molecule has 0 atom stereocenters. The molecule has 1 heterocycles. The lowest BCUT2D eigenvalue weighted by Gasteiger charge is -2.08. The average Bonchev–Trinajstić information content (AvgIpc) is 2.50. The molecule has 4 nitrogen and oxygen atoms in total. The van der Waals surface area contributed by atoms with Crippen LogP contribution < -0.4 is 14.6 Å². The van der Waals surface area contributed by atoms with Crippen LogP contribution in [0.5, 0.6) is 5.75 Å². The quantitative estimate of drug-likeness (QED) is 0.829. The number of para-hydroxylation sites is 2. The first-order valence-electron chi connectivity index (χ1n) is 7.13. The molecule has 1 amide bonds. The van der Waals surface area contributed by atoms with Crippen molar-refractivity contribution >= 4 is 11.6 Å². The summed E-state index contributed by atoms with van der Waals surface area (Å²) in [6.07, 6.45) is 6.06. The smallest absolute Gasteiger partial charge is 0.290 e. The molecule has 0 fully saturated rings. The Kier molecular flexibility index (Phi) is 5.32. The predicted molar refractivity (Wildman–Crippen MR) is 82.3 cm³/mol. The van der Waals surface area contributed by atoms with E-state index in [1.807, 2.05) is 41.2 Å². The Morgan fingerprint density at radius 3 is 2.57 bits per heavy atom. The largest absolute Gasteiger partial charge is 0.495 e. The number of aryl methyl sites for hydroxylation is 1. The standard InChI is InChI=1S/C17H20N2O2/c1-3-6-14-9-11-19(12-10-14)13-17(20)18-15-7-4-5-8-16(15)21-2/h4-5,7-12H,3,6,13H2,1-2H3/p+1. The molecule has 0 aliphatic carbocycles. The zero-order valence-corrected chi connectivity index (χ0v) is 12.5. The summed E-state index contributed by atoms with van der Waals surface area (Å²) < 4.78 is 7.08. The van der Waals surface area contributed by atoms with Crippen molar-refractivity contribution in [2.75, 3.05) is 12.4 Å². The number of aromatic nitrogens is 1. The molecule has 0 saturated carbocycles. The highest BCUT2D eigenvalue weighted by Gasteiger charge is 2.11. The topological polar surface area (TPSA) is 42.2 Å². The van der Waals surface area contributed by atoms with E-state index in [1.165, 1.54) is 5.56 Å². The monoisotopic (exact) mass is 285 g/mol. The number of carbonyl (C=O) groups is 1. The average molecular weight is 285 g/mol. The van der Waals surface area contributed by atoms with E-state index in [4.69, 9.17) is 4.74 Å². The Labute approximate surface area is 125 Å². The van der Waals surface area contributed by atoms with Gasteiger partial charge >= 0.3 is 0 Å². The van der Waals surface area contributed by atoms with E-state index in [9.17, 15) is 4.79 Å². The summed E-state index contributed by atoms with van der Waals surface area (Å²) >= 11 is 0. The van der Waals surface area contributed by atoms with E-state index >= 15 is 0 Å². The molecule has 4 heteroatoms. The molecule has 0 spiro atoms. The summed E-state index contributed by atoms with van der Waals surface area (Å²) in [6, 6.07) is 11.5. The Morgan fingerprint density at radius 2 is 1.90 bits per heavy atom. The molecule has 0 aliphatic heterocycles. The fourth-order valence-electron chi connectivity index (χ4n) is 2.15. The fraction of sp³-hybridized carbons (Fsp3) is 0.294. The number of anilines is 1. The zero-order chi connectivity index (χ0) is 15.1. The number of hydrogen-bond acceptors (Lipinski definition) is 2. The summed E-state index contributed by atoms with van der Waals surface area (Å²) in [6.45, 7) is 2.44. The molecule has 2 aromatic rings. The van der Waals surface area contributed by atoms with Crippen LogP contribution in [-0.2, 0) is 17.8 Å². The van der Waals surface area contributed by atoms with E-state index in [0.717, 1.165) is 12.8 Å². The van der Waals surface area contributed by atoms with Gasteiger partial charge in [0, 0.05) is 12.1 Å². The molecule has 1 aromatic carbocycles. The zero-order valence-electron chi connectivity index (χ0n) is 12.5. The van der Waals surface area contributed by atoms with Crippen LogP contribution in [0.4, 0.5) is 5.69 Å². The number of nitrogens with one attached hydrogen (secondary N) is 1. The van der Waals surface area contributed by atoms with Crippen LogP contribution in [-0.4, -0.2) is 13.0 Å². The van der Waals surface area contributed by atoms with Gasteiger partial charge in [-0.2, -0.15) is 4.57 Å². The van der Waals surface area contributed by atoms with Gasteiger partial charge in [-0.25, -0.2) is 0 Å². The molecular formula is C17H21N2O2+. The molecule has 0 radical (unpaired) electrons. The fourth-order valence-corrected chi connectivity index (χ4v) is 2.15. The van der Waals surface area contributed by atoms with E-state index in [0.29, 0.717) is 11.4 Å². The van der Waals surface area contributed by atoms with Crippen molar-refractivity contribution in [3.05, 3.63) is 54.4 Å². The van der Waals surface area contributed by atoms with E-state index < -0.39 is 0 Å². The van der Waals surface area contributed by atoms with Crippen LogP contribution in [0.25, 0.3) is 0 Å². The number of ether oxygens (including phenoxy) is 1. The first-order valence-corrected chi connectivity index (χ1v) is 7.13. The molecule has 1 N–H and O–H groups in total. The first kappa shape index (κ1) is 15.0. The lowest BCUT2D eigenvalue weighted by molar-refractivity contribution is -0.684. The van der Waals surface area contributed by atoms with Crippen LogP contribution in [0, 0.1) is 0 Å². The van der Waals surface area contributed by atoms with Crippen LogP contribution in [0.2, 0.25) is 0 Å². The van der Waals surface area contributed by atoms with Crippen molar-refractivity contribution in [1.29, 1.82) is 0 Å². The predicted octanol–water partition coefficient (Wildman–Crippen LogP) is 2.57. The van der Waals surface area contributed by atoms with Crippen LogP contribution in [0.1, 0.15) is 18.9 Å². The maximum atomic E-state index is 12.1. The van der Waals surface area contributed by atoms with Crippen molar-refractivity contribution in [3.8, 4) is 5.75 Å². The van der Waals surface area contributed by atoms with Crippen molar-refractivity contribution in [1.82, 2.24) is 0 Å². The van der Waals surface area contributed by atoms with Crippen molar-refractivity contribution in [2.24, 2.45) is 0 Å². The summed E-state index contributed by atoms with van der Waals surface area (Å²) in [5.74, 6) is 0.585.